The Hall–Kier alpha value is -2.31. The summed E-state index contributed by atoms with van der Waals surface area (Å²) < 4.78 is 5.34. The predicted molar refractivity (Wildman–Crippen MR) is 91.9 cm³/mol. The number of aromatic nitrogens is 1. The van der Waals surface area contributed by atoms with E-state index in [4.69, 9.17) is 16.0 Å². The Morgan fingerprint density at radius 2 is 2.09 bits per heavy atom. The van der Waals surface area contributed by atoms with Crippen LogP contribution in [0.15, 0.2) is 47.1 Å². The first-order valence-corrected chi connectivity index (χ1v) is 8.12. The van der Waals surface area contributed by atoms with Crippen LogP contribution in [-0.2, 0) is 6.54 Å². The number of anilines is 1. The molecule has 7 heteroatoms. The fraction of sp³-hybridized carbons (Fsp3) is 0.125. The lowest BCUT2D eigenvalue weighted by molar-refractivity contribution is 0.252. The lowest BCUT2D eigenvalue weighted by Crippen LogP contribution is -2.28. The Morgan fingerprint density at radius 3 is 2.78 bits per heavy atom. The highest BCUT2D eigenvalue weighted by atomic mass is 35.5. The maximum Gasteiger partial charge on any atom is 0.319 e. The Morgan fingerprint density at radius 1 is 1.30 bits per heavy atom. The van der Waals surface area contributed by atoms with Gasteiger partial charge in [-0.2, -0.15) is 0 Å². The number of nitrogens with zero attached hydrogens (tertiary/aromatic N) is 1. The van der Waals surface area contributed by atoms with Crippen LogP contribution in [-0.4, -0.2) is 11.0 Å². The van der Waals surface area contributed by atoms with Gasteiger partial charge in [-0.3, -0.25) is 0 Å². The van der Waals surface area contributed by atoms with Gasteiger partial charge in [0.25, 0.3) is 0 Å². The number of aryl methyl sites for hydroxylation is 1. The Labute approximate surface area is 142 Å². The summed E-state index contributed by atoms with van der Waals surface area (Å²) in [5, 5.41) is 7.00. The van der Waals surface area contributed by atoms with Gasteiger partial charge in [0.15, 0.2) is 10.8 Å². The molecule has 2 N–H and O–H groups in total. The number of carbonyl (C=O) groups excluding carboxylic acids is 1. The highest BCUT2D eigenvalue weighted by Crippen LogP contribution is 2.28. The van der Waals surface area contributed by atoms with Gasteiger partial charge in [0.05, 0.1) is 18.5 Å². The molecule has 2 amide bonds. The van der Waals surface area contributed by atoms with Crippen molar-refractivity contribution in [2.45, 2.75) is 13.5 Å². The van der Waals surface area contributed by atoms with Gasteiger partial charge in [0, 0.05) is 15.6 Å². The van der Waals surface area contributed by atoms with E-state index in [0.29, 0.717) is 17.3 Å². The molecule has 3 aromatic rings. The van der Waals surface area contributed by atoms with Crippen molar-refractivity contribution >= 4 is 34.7 Å². The van der Waals surface area contributed by atoms with E-state index in [1.54, 1.807) is 30.5 Å². The zero-order valence-electron chi connectivity index (χ0n) is 12.3. The van der Waals surface area contributed by atoms with Crippen LogP contribution in [0.5, 0.6) is 0 Å². The van der Waals surface area contributed by atoms with E-state index in [1.165, 1.54) is 11.3 Å². The zero-order valence-corrected chi connectivity index (χ0v) is 13.9. The quantitative estimate of drug-likeness (QED) is 0.719. The van der Waals surface area contributed by atoms with Crippen LogP contribution in [0.4, 0.5) is 10.5 Å². The van der Waals surface area contributed by atoms with Gasteiger partial charge in [-0.05, 0) is 43.3 Å². The van der Waals surface area contributed by atoms with Crippen molar-refractivity contribution in [2.24, 2.45) is 0 Å². The van der Waals surface area contributed by atoms with Gasteiger partial charge in [-0.25, -0.2) is 9.78 Å². The molecule has 118 valence electrons. The number of nitrogens with one attached hydrogen (secondary N) is 2. The molecule has 0 saturated carbocycles. The molecule has 0 aliphatic carbocycles. The van der Waals surface area contributed by atoms with Crippen LogP contribution in [0.3, 0.4) is 0 Å². The SMILES string of the molecule is Cc1nc(-c2ccco2)sc1CNC(=O)Nc1ccc(Cl)cc1. The predicted octanol–water partition coefficient (Wildman–Crippen LogP) is 4.69. The van der Waals surface area contributed by atoms with E-state index >= 15 is 0 Å². The molecule has 0 atom stereocenters. The number of amides is 2. The molecule has 2 heterocycles. The number of urea groups is 1. The van der Waals surface area contributed by atoms with Crippen molar-refractivity contribution in [3.05, 3.63) is 58.3 Å². The number of halogens is 1. The Kier molecular flexibility index (Phi) is 4.64. The van der Waals surface area contributed by atoms with Crippen LogP contribution >= 0.6 is 22.9 Å². The molecule has 0 radical (unpaired) electrons. The Balaban J connectivity index is 1.59. The summed E-state index contributed by atoms with van der Waals surface area (Å²) in [5.41, 5.74) is 1.57. The summed E-state index contributed by atoms with van der Waals surface area (Å²) in [4.78, 5) is 17.4. The van der Waals surface area contributed by atoms with Crippen molar-refractivity contribution in [1.82, 2.24) is 10.3 Å². The normalized spacial score (nSPS) is 10.5. The molecule has 2 aromatic heterocycles. The van der Waals surface area contributed by atoms with Gasteiger partial charge in [-0.1, -0.05) is 11.6 Å². The molecule has 1 aromatic carbocycles. The molecular formula is C16H14ClN3O2S. The molecule has 0 bridgehead atoms. The summed E-state index contributed by atoms with van der Waals surface area (Å²) in [6.07, 6.45) is 1.61. The first-order valence-electron chi connectivity index (χ1n) is 6.92. The van der Waals surface area contributed by atoms with Gasteiger partial charge >= 0.3 is 6.03 Å². The smallest absolute Gasteiger partial charge is 0.319 e. The first-order chi connectivity index (χ1) is 11.1. The molecule has 0 unspecified atom stereocenters. The fourth-order valence-electron chi connectivity index (χ4n) is 1.97. The van der Waals surface area contributed by atoms with E-state index in [-0.39, 0.29) is 6.03 Å². The highest BCUT2D eigenvalue weighted by Gasteiger charge is 2.12. The van der Waals surface area contributed by atoms with Gasteiger partial charge in [0.1, 0.15) is 0 Å². The van der Waals surface area contributed by atoms with Crippen LogP contribution in [0.2, 0.25) is 5.02 Å². The monoisotopic (exact) mass is 347 g/mol. The molecule has 0 saturated heterocycles. The second-order valence-electron chi connectivity index (χ2n) is 4.82. The summed E-state index contributed by atoms with van der Waals surface area (Å²) in [6, 6.07) is 10.3. The maximum atomic E-state index is 11.9. The molecular weight excluding hydrogens is 334 g/mol. The van der Waals surface area contributed by atoms with Crippen LogP contribution in [0.1, 0.15) is 10.6 Å². The van der Waals surface area contributed by atoms with Gasteiger partial charge in [0.2, 0.25) is 0 Å². The third-order valence-electron chi connectivity index (χ3n) is 3.14. The van der Waals surface area contributed by atoms with E-state index in [0.717, 1.165) is 21.3 Å². The summed E-state index contributed by atoms with van der Waals surface area (Å²) in [6.45, 7) is 2.32. The van der Waals surface area contributed by atoms with E-state index in [9.17, 15) is 4.79 Å². The third kappa shape index (κ3) is 3.91. The summed E-state index contributed by atoms with van der Waals surface area (Å²) in [5.74, 6) is 0.731. The number of carbonyl (C=O) groups is 1. The lowest BCUT2D eigenvalue weighted by Gasteiger charge is -2.07. The topological polar surface area (TPSA) is 67.2 Å². The van der Waals surface area contributed by atoms with Crippen LogP contribution in [0.25, 0.3) is 10.8 Å². The fourth-order valence-corrected chi connectivity index (χ4v) is 3.06. The molecule has 23 heavy (non-hydrogen) atoms. The number of hydrogen-bond acceptors (Lipinski definition) is 4. The minimum Gasteiger partial charge on any atom is -0.462 e. The lowest BCUT2D eigenvalue weighted by atomic mass is 10.3. The zero-order chi connectivity index (χ0) is 16.2. The summed E-state index contributed by atoms with van der Waals surface area (Å²) in [7, 11) is 0. The average Bonchev–Trinajstić information content (AvgIpc) is 3.17. The minimum absolute atomic E-state index is 0.278. The number of hydrogen-bond donors (Lipinski definition) is 2. The second-order valence-corrected chi connectivity index (χ2v) is 6.34. The number of thiazole rings is 1. The van der Waals surface area contributed by atoms with Crippen molar-refractivity contribution in [3.63, 3.8) is 0 Å². The highest BCUT2D eigenvalue weighted by molar-refractivity contribution is 7.15. The van der Waals surface area contributed by atoms with Crippen molar-refractivity contribution in [1.29, 1.82) is 0 Å². The molecule has 0 aliphatic rings. The van der Waals surface area contributed by atoms with Crippen LogP contribution < -0.4 is 10.6 Å². The minimum atomic E-state index is -0.278. The average molecular weight is 348 g/mol. The molecule has 0 spiro atoms. The molecule has 5 nitrogen and oxygen atoms in total. The molecule has 0 fully saturated rings. The van der Waals surface area contributed by atoms with Crippen molar-refractivity contribution in [3.8, 4) is 10.8 Å². The van der Waals surface area contributed by atoms with Crippen molar-refractivity contribution in [2.75, 3.05) is 5.32 Å². The van der Waals surface area contributed by atoms with E-state index in [1.807, 2.05) is 19.1 Å². The van der Waals surface area contributed by atoms with Crippen molar-refractivity contribution < 1.29 is 9.21 Å². The Bertz CT molecular complexity index is 797. The van der Waals surface area contributed by atoms with Crippen LogP contribution in [0, 0.1) is 6.92 Å². The number of benzene rings is 1. The first kappa shape index (κ1) is 15.6. The van der Waals surface area contributed by atoms with Gasteiger partial charge < -0.3 is 15.1 Å². The second kappa shape index (κ2) is 6.85. The molecule has 0 aliphatic heterocycles. The third-order valence-corrected chi connectivity index (χ3v) is 4.56. The molecule has 3 rings (SSSR count). The maximum absolute atomic E-state index is 11.9. The standard InChI is InChI=1S/C16H14ClN3O2S/c1-10-14(23-15(19-10)13-3-2-8-22-13)9-18-16(21)20-12-6-4-11(17)5-7-12/h2-8H,9H2,1H3,(H2,18,20,21). The largest absolute Gasteiger partial charge is 0.462 e. The van der Waals surface area contributed by atoms with Gasteiger partial charge in [-0.15, -0.1) is 11.3 Å². The van der Waals surface area contributed by atoms with E-state index in [2.05, 4.69) is 15.6 Å². The summed E-state index contributed by atoms with van der Waals surface area (Å²) >= 11 is 7.31. The van der Waals surface area contributed by atoms with E-state index < -0.39 is 0 Å². The number of rotatable bonds is 4. The number of furan rings is 1.